The van der Waals surface area contributed by atoms with Crippen LogP contribution in [0, 0.1) is 0 Å². The van der Waals surface area contributed by atoms with Crippen LogP contribution in [0.1, 0.15) is 0 Å². The van der Waals surface area contributed by atoms with Gasteiger partial charge in [0, 0.05) is 13.1 Å². The highest BCUT2D eigenvalue weighted by Crippen LogP contribution is 1.98. The smallest absolute Gasteiger partial charge is 0.0943 e. The van der Waals surface area contributed by atoms with Gasteiger partial charge in [-0.1, -0.05) is 12.2 Å². The predicted molar refractivity (Wildman–Crippen MR) is 52.0 cm³/mol. The molecule has 0 unspecified atom stereocenters. The third-order valence-electron chi connectivity index (χ3n) is 1.66. The molecule has 12 heavy (non-hydrogen) atoms. The Bertz CT molecular complexity index is 186. The van der Waals surface area contributed by atoms with Gasteiger partial charge in [-0.3, -0.25) is 9.89 Å². The highest BCUT2D eigenvalue weighted by atomic mass is 15.4. The average Bonchev–Trinajstić information content (AvgIpc) is 2.06. The second kappa shape index (κ2) is 4.72. The molecule has 0 amide bonds. The molecule has 0 saturated carbocycles. The van der Waals surface area contributed by atoms with Crippen molar-refractivity contribution in [2.45, 2.75) is 0 Å². The molecule has 3 nitrogen and oxygen atoms in total. The summed E-state index contributed by atoms with van der Waals surface area (Å²) in [7, 11) is 0. The molecule has 0 bridgehead atoms. The number of hydrogen-bond donors (Lipinski definition) is 0. The lowest BCUT2D eigenvalue weighted by Crippen LogP contribution is -2.41. The Labute approximate surface area is 73.7 Å². The first-order valence-electron chi connectivity index (χ1n) is 4.05. The zero-order valence-corrected chi connectivity index (χ0v) is 7.32. The van der Waals surface area contributed by atoms with Gasteiger partial charge in [0.05, 0.1) is 19.7 Å². The molecule has 0 N–H and O–H groups in total. The third kappa shape index (κ3) is 2.51. The van der Waals surface area contributed by atoms with E-state index in [0.29, 0.717) is 0 Å². The lowest BCUT2D eigenvalue weighted by atomic mass is 10.5. The molecule has 1 aliphatic heterocycles. The molecule has 3 heteroatoms. The van der Waals surface area contributed by atoms with E-state index in [1.165, 1.54) is 0 Å². The first-order valence-corrected chi connectivity index (χ1v) is 4.05. The van der Waals surface area contributed by atoms with Gasteiger partial charge in [-0.25, -0.2) is 0 Å². The van der Waals surface area contributed by atoms with Crippen LogP contribution in [0.15, 0.2) is 30.3 Å². The normalized spacial score (nSPS) is 17.8. The fourth-order valence-electron chi connectivity index (χ4n) is 1.17. The van der Waals surface area contributed by atoms with Crippen LogP contribution in [0.25, 0.3) is 0 Å². The van der Waals surface area contributed by atoms with Gasteiger partial charge in [0.15, 0.2) is 0 Å². The zero-order valence-electron chi connectivity index (χ0n) is 7.32. The molecule has 0 aromatic heterocycles. The van der Waals surface area contributed by atoms with Crippen LogP contribution in [0.2, 0.25) is 0 Å². The summed E-state index contributed by atoms with van der Waals surface area (Å²) in [5.41, 5.74) is 0. The largest absolute Gasteiger partial charge is 0.346 e. The van der Waals surface area contributed by atoms with Crippen LogP contribution in [0.4, 0.5) is 0 Å². The van der Waals surface area contributed by atoms with Crippen LogP contribution in [-0.2, 0) is 0 Å². The molecular weight excluding hydrogens is 150 g/mol. The summed E-state index contributed by atoms with van der Waals surface area (Å²) in [5, 5.41) is 0. The quantitative estimate of drug-likeness (QED) is 0.577. The molecule has 0 radical (unpaired) electrons. The highest BCUT2D eigenvalue weighted by molar-refractivity contribution is 5.55. The Morgan fingerprint density at radius 3 is 2.75 bits per heavy atom. The number of hydrogen-bond acceptors (Lipinski definition) is 3. The van der Waals surface area contributed by atoms with E-state index in [-0.39, 0.29) is 0 Å². The van der Waals surface area contributed by atoms with Crippen molar-refractivity contribution in [1.29, 1.82) is 0 Å². The van der Waals surface area contributed by atoms with Crippen LogP contribution in [0.5, 0.6) is 0 Å². The first-order chi connectivity index (χ1) is 5.86. The zero-order chi connectivity index (χ0) is 8.81. The average molecular weight is 165 g/mol. The van der Waals surface area contributed by atoms with Crippen molar-refractivity contribution in [3.05, 3.63) is 25.3 Å². The van der Waals surface area contributed by atoms with E-state index in [4.69, 9.17) is 0 Å². The van der Waals surface area contributed by atoms with Crippen LogP contribution < -0.4 is 0 Å². The number of nitrogens with zero attached hydrogens (tertiary/aromatic N) is 3. The Morgan fingerprint density at radius 2 is 2.08 bits per heavy atom. The lowest BCUT2D eigenvalue weighted by Gasteiger charge is -2.30. The minimum Gasteiger partial charge on any atom is -0.346 e. The maximum Gasteiger partial charge on any atom is 0.0943 e. The van der Waals surface area contributed by atoms with E-state index in [2.05, 4.69) is 28.0 Å². The summed E-state index contributed by atoms with van der Waals surface area (Å²) in [6.45, 7) is 10.8. The van der Waals surface area contributed by atoms with Crippen LogP contribution in [-0.4, -0.2) is 42.6 Å². The van der Waals surface area contributed by atoms with E-state index in [1.807, 2.05) is 18.5 Å². The molecular formula is C9H15N3. The second-order valence-corrected chi connectivity index (χ2v) is 2.78. The summed E-state index contributed by atoms with van der Waals surface area (Å²) in [4.78, 5) is 8.52. The topological polar surface area (TPSA) is 18.8 Å². The van der Waals surface area contributed by atoms with Gasteiger partial charge in [-0.05, 0) is 0 Å². The predicted octanol–water partition coefficient (Wildman–Crippen LogP) is 0.919. The molecule has 0 aromatic carbocycles. The molecule has 0 saturated heterocycles. The molecule has 0 aromatic rings. The Kier molecular flexibility index (Phi) is 3.54. The summed E-state index contributed by atoms with van der Waals surface area (Å²) < 4.78 is 0. The van der Waals surface area contributed by atoms with Crippen molar-refractivity contribution in [2.24, 2.45) is 4.99 Å². The van der Waals surface area contributed by atoms with Crippen molar-refractivity contribution in [1.82, 2.24) is 9.80 Å². The summed E-state index contributed by atoms with van der Waals surface area (Å²) in [5.74, 6) is 0. The third-order valence-corrected chi connectivity index (χ3v) is 1.66. The van der Waals surface area contributed by atoms with E-state index >= 15 is 0 Å². The van der Waals surface area contributed by atoms with Crippen molar-refractivity contribution < 1.29 is 0 Å². The number of aliphatic imine (C=N–C) groups is 1. The maximum atomic E-state index is 4.21. The van der Waals surface area contributed by atoms with Gasteiger partial charge in [0.2, 0.25) is 0 Å². The molecule has 1 rings (SSSR count). The minimum absolute atomic E-state index is 0.777. The summed E-state index contributed by atoms with van der Waals surface area (Å²) in [6, 6.07) is 0. The molecule has 0 spiro atoms. The van der Waals surface area contributed by atoms with Gasteiger partial charge in [0.1, 0.15) is 0 Å². The fraction of sp³-hybridized carbons (Fsp3) is 0.444. The monoisotopic (exact) mass is 165 g/mol. The number of rotatable bonds is 4. The second-order valence-electron chi connectivity index (χ2n) is 2.78. The molecule has 0 fully saturated rings. The van der Waals surface area contributed by atoms with Gasteiger partial charge in [-0.2, -0.15) is 0 Å². The Hall–Kier alpha value is -1.09. The van der Waals surface area contributed by atoms with Crippen molar-refractivity contribution in [3.8, 4) is 0 Å². The molecule has 0 atom stereocenters. The van der Waals surface area contributed by atoms with Gasteiger partial charge in [0.25, 0.3) is 0 Å². The molecule has 1 heterocycles. The van der Waals surface area contributed by atoms with Gasteiger partial charge >= 0.3 is 0 Å². The van der Waals surface area contributed by atoms with Crippen molar-refractivity contribution >= 4 is 6.34 Å². The fourth-order valence-corrected chi connectivity index (χ4v) is 1.17. The van der Waals surface area contributed by atoms with Crippen molar-refractivity contribution in [3.63, 3.8) is 0 Å². The standard InChI is InChI=1S/C9H15N3/c1-3-5-11-7-10-8-12(9-11)6-4-2/h3-4,7H,1-2,5-6,8-9H2. The van der Waals surface area contributed by atoms with E-state index in [9.17, 15) is 0 Å². The summed E-state index contributed by atoms with van der Waals surface area (Å²) >= 11 is 0. The van der Waals surface area contributed by atoms with E-state index in [0.717, 1.165) is 26.4 Å². The van der Waals surface area contributed by atoms with Gasteiger partial charge < -0.3 is 4.90 Å². The highest BCUT2D eigenvalue weighted by Gasteiger charge is 2.09. The molecule has 66 valence electrons. The summed E-state index contributed by atoms with van der Waals surface area (Å²) in [6.07, 6.45) is 5.65. The molecule has 0 aliphatic carbocycles. The van der Waals surface area contributed by atoms with Crippen LogP contribution >= 0.6 is 0 Å². The Balaban J connectivity index is 2.38. The van der Waals surface area contributed by atoms with Gasteiger partial charge in [-0.15, -0.1) is 13.2 Å². The lowest BCUT2D eigenvalue weighted by molar-refractivity contribution is 0.204. The van der Waals surface area contributed by atoms with Crippen LogP contribution in [0.3, 0.4) is 0 Å². The van der Waals surface area contributed by atoms with E-state index < -0.39 is 0 Å². The Morgan fingerprint density at radius 1 is 1.33 bits per heavy atom. The minimum atomic E-state index is 0.777. The SMILES string of the molecule is C=CCN1C=NCN(CC=C)C1. The van der Waals surface area contributed by atoms with E-state index in [1.54, 1.807) is 0 Å². The first kappa shape index (κ1) is 9.00. The molecule has 1 aliphatic rings. The van der Waals surface area contributed by atoms with Crippen molar-refractivity contribution in [2.75, 3.05) is 26.4 Å². The maximum absolute atomic E-state index is 4.21.